The van der Waals surface area contributed by atoms with Gasteiger partial charge in [-0.25, -0.2) is 17.9 Å². The van der Waals surface area contributed by atoms with Crippen molar-refractivity contribution in [1.82, 2.24) is 9.62 Å². The molecule has 1 aromatic carbocycles. The molecule has 1 N–H and O–H groups in total. The minimum Gasteiger partial charge on any atom is -0.452 e. The van der Waals surface area contributed by atoms with Crippen molar-refractivity contribution in [2.45, 2.75) is 36.6 Å². The number of benzene rings is 1. The Morgan fingerprint density at radius 1 is 1.31 bits per heavy atom. The SMILES string of the molecule is O=C(OCC(=O)N1CCCC1=O)c1cc(S(=O)(=O)NC2CC2)ccc1Br. The third kappa shape index (κ3) is 4.30. The summed E-state index contributed by atoms with van der Waals surface area (Å²) in [6, 6.07) is 3.95. The summed E-state index contributed by atoms with van der Waals surface area (Å²) in [6.07, 6.45) is 2.49. The lowest BCUT2D eigenvalue weighted by Gasteiger charge is -2.14. The van der Waals surface area contributed by atoms with Gasteiger partial charge in [0, 0.05) is 23.5 Å². The van der Waals surface area contributed by atoms with Gasteiger partial charge in [-0.3, -0.25) is 14.5 Å². The van der Waals surface area contributed by atoms with Crippen LogP contribution in [0.25, 0.3) is 0 Å². The van der Waals surface area contributed by atoms with Crippen LogP contribution in [0.5, 0.6) is 0 Å². The highest BCUT2D eigenvalue weighted by atomic mass is 79.9. The molecule has 1 aromatic rings. The van der Waals surface area contributed by atoms with Crippen LogP contribution in [0.1, 0.15) is 36.0 Å². The minimum atomic E-state index is -3.72. The van der Waals surface area contributed by atoms with Crippen LogP contribution >= 0.6 is 15.9 Å². The van der Waals surface area contributed by atoms with Crippen LogP contribution in [-0.4, -0.2) is 50.3 Å². The summed E-state index contributed by atoms with van der Waals surface area (Å²) in [6.45, 7) is -0.256. The van der Waals surface area contributed by atoms with E-state index in [1.54, 1.807) is 0 Å². The van der Waals surface area contributed by atoms with Crippen LogP contribution in [0.3, 0.4) is 0 Å². The number of esters is 1. The number of nitrogens with zero attached hydrogens (tertiary/aromatic N) is 1. The van der Waals surface area contributed by atoms with Crippen LogP contribution in [0.2, 0.25) is 0 Å². The van der Waals surface area contributed by atoms with Gasteiger partial charge in [-0.15, -0.1) is 0 Å². The lowest BCUT2D eigenvalue weighted by atomic mass is 10.2. The Labute approximate surface area is 159 Å². The Morgan fingerprint density at radius 2 is 2.04 bits per heavy atom. The zero-order valence-electron chi connectivity index (χ0n) is 13.7. The largest absolute Gasteiger partial charge is 0.452 e. The van der Waals surface area contributed by atoms with Gasteiger partial charge < -0.3 is 4.74 Å². The van der Waals surface area contributed by atoms with Crippen LogP contribution < -0.4 is 4.72 Å². The molecular formula is C16H17BrN2O6S. The highest BCUT2D eigenvalue weighted by molar-refractivity contribution is 9.10. The van der Waals surface area contributed by atoms with Crippen molar-refractivity contribution in [3.63, 3.8) is 0 Å². The van der Waals surface area contributed by atoms with Gasteiger partial charge in [0.2, 0.25) is 15.9 Å². The van der Waals surface area contributed by atoms with E-state index in [4.69, 9.17) is 4.74 Å². The van der Waals surface area contributed by atoms with Crippen molar-refractivity contribution in [1.29, 1.82) is 0 Å². The van der Waals surface area contributed by atoms with Gasteiger partial charge in [0.1, 0.15) is 0 Å². The van der Waals surface area contributed by atoms with E-state index in [1.807, 2.05) is 0 Å². The molecule has 140 valence electrons. The Bertz CT molecular complexity index is 865. The van der Waals surface area contributed by atoms with Crippen molar-refractivity contribution in [2.24, 2.45) is 0 Å². The van der Waals surface area contributed by atoms with Crippen molar-refractivity contribution in [2.75, 3.05) is 13.2 Å². The number of amides is 2. The van der Waals surface area contributed by atoms with E-state index in [2.05, 4.69) is 20.7 Å². The molecule has 0 atom stereocenters. The molecule has 26 heavy (non-hydrogen) atoms. The summed E-state index contributed by atoms with van der Waals surface area (Å²) in [4.78, 5) is 36.7. The number of carbonyl (C=O) groups is 3. The molecule has 0 radical (unpaired) electrons. The fraction of sp³-hybridized carbons (Fsp3) is 0.438. The first kappa shape index (κ1) is 19.0. The molecule has 8 nitrogen and oxygen atoms in total. The Balaban J connectivity index is 1.69. The number of carbonyl (C=O) groups excluding carboxylic acids is 3. The molecule has 1 aliphatic heterocycles. The smallest absolute Gasteiger partial charge is 0.339 e. The summed E-state index contributed by atoms with van der Waals surface area (Å²) in [7, 11) is -3.72. The number of hydrogen-bond acceptors (Lipinski definition) is 6. The Morgan fingerprint density at radius 3 is 2.65 bits per heavy atom. The quantitative estimate of drug-likeness (QED) is 0.659. The molecule has 2 aliphatic rings. The lowest BCUT2D eigenvalue weighted by molar-refractivity contribution is -0.143. The Kier molecular flexibility index (Phi) is 5.44. The van der Waals surface area contributed by atoms with E-state index in [0.717, 1.165) is 17.7 Å². The fourth-order valence-corrected chi connectivity index (χ4v) is 4.25. The van der Waals surface area contributed by atoms with Crippen molar-refractivity contribution in [3.8, 4) is 0 Å². The molecule has 1 saturated carbocycles. The van der Waals surface area contributed by atoms with Crippen LogP contribution in [0, 0.1) is 0 Å². The second-order valence-corrected chi connectivity index (χ2v) is 8.72. The number of ether oxygens (including phenoxy) is 1. The molecule has 2 fully saturated rings. The summed E-state index contributed by atoms with van der Waals surface area (Å²) in [5.74, 6) is -1.72. The van der Waals surface area contributed by atoms with E-state index >= 15 is 0 Å². The fourth-order valence-electron chi connectivity index (χ4n) is 2.51. The first-order valence-corrected chi connectivity index (χ1v) is 10.4. The normalized spacial score (nSPS) is 17.4. The number of halogens is 1. The average Bonchev–Trinajstić information content (AvgIpc) is 3.29. The first-order valence-electron chi connectivity index (χ1n) is 8.10. The van der Waals surface area contributed by atoms with Gasteiger partial charge in [-0.05, 0) is 53.4 Å². The van der Waals surface area contributed by atoms with E-state index in [9.17, 15) is 22.8 Å². The third-order valence-corrected chi connectivity index (χ3v) is 6.28. The standard InChI is InChI=1S/C16H17BrN2O6S/c17-13-6-5-11(26(23,24)18-10-3-4-10)8-12(13)16(22)25-9-15(21)19-7-1-2-14(19)20/h5-6,8,10,18H,1-4,7,9H2. The van der Waals surface area contributed by atoms with Crippen molar-refractivity contribution < 1.29 is 27.5 Å². The zero-order valence-corrected chi connectivity index (χ0v) is 16.1. The van der Waals surface area contributed by atoms with E-state index in [1.165, 1.54) is 18.2 Å². The highest BCUT2D eigenvalue weighted by Crippen LogP contribution is 2.25. The van der Waals surface area contributed by atoms with Gasteiger partial charge in [-0.1, -0.05) is 0 Å². The van der Waals surface area contributed by atoms with Crippen molar-refractivity contribution in [3.05, 3.63) is 28.2 Å². The predicted octanol–water partition coefficient (Wildman–Crippen LogP) is 1.20. The molecule has 0 bridgehead atoms. The maximum atomic E-state index is 12.3. The minimum absolute atomic E-state index is 0.00998. The van der Waals surface area contributed by atoms with Gasteiger partial charge >= 0.3 is 5.97 Å². The molecule has 0 unspecified atom stereocenters. The summed E-state index contributed by atoms with van der Waals surface area (Å²) >= 11 is 3.18. The van der Waals surface area contributed by atoms with Gasteiger partial charge in [0.15, 0.2) is 6.61 Å². The number of imide groups is 1. The number of rotatable bonds is 6. The number of sulfonamides is 1. The monoisotopic (exact) mass is 444 g/mol. The van der Waals surface area contributed by atoms with Gasteiger partial charge in [-0.2, -0.15) is 0 Å². The lowest BCUT2D eigenvalue weighted by Crippen LogP contribution is -2.35. The molecule has 0 aromatic heterocycles. The molecule has 0 spiro atoms. The zero-order chi connectivity index (χ0) is 18.9. The summed E-state index contributed by atoms with van der Waals surface area (Å²) < 4.78 is 32.4. The number of hydrogen-bond donors (Lipinski definition) is 1. The summed E-state index contributed by atoms with van der Waals surface area (Å²) in [5.41, 5.74) is -0.00998. The van der Waals surface area contributed by atoms with E-state index < -0.39 is 28.5 Å². The van der Waals surface area contributed by atoms with Crippen LogP contribution in [0.15, 0.2) is 27.6 Å². The predicted molar refractivity (Wildman–Crippen MR) is 93.7 cm³/mol. The molecule has 1 aliphatic carbocycles. The van der Waals surface area contributed by atoms with E-state index in [-0.39, 0.29) is 22.4 Å². The van der Waals surface area contributed by atoms with Crippen LogP contribution in [-0.2, 0) is 24.3 Å². The number of nitrogens with one attached hydrogen (secondary N) is 1. The molecule has 2 amide bonds. The Hall–Kier alpha value is -1.78. The molecular weight excluding hydrogens is 428 g/mol. The second-order valence-electron chi connectivity index (χ2n) is 6.16. The van der Waals surface area contributed by atoms with E-state index in [0.29, 0.717) is 23.9 Å². The van der Waals surface area contributed by atoms with Crippen LogP contribution in [0.4, 0.5) is 0 Å². The molecule has 3 rings (SSSR count). The number of likely N-dealkylation sites (tertiary alicyclic amines) is 1. The van der Waals surface area contributed by atoms with Gasteiger partial charge in [0.25, 0.3) is 5.91 Å². The first-order chi connectivity index (χ1) is 12.3. The molecule has 1 heterocycles. The summed E-state index contributed by atoms with van der Waals surface area (Å²) in [5, 5.41) is 0. The molecule has 10 heteroatoms. The third-order valence-electron chi connectivity index (χ3n) is 4.07. The molecule has 1 saturated heterocycles. The van der Waals surface area contributed by atoms with Gasteiger partial charge in [0.05, 0.1) is 10.5 Å². The maximum absolute atomic E-state index is 12.3. The highest BCUT2D eigenvalue weighted by Gasteiger charge is 2.30. The maximum Gasteiger partial charge on any atom is 0.339 e. The average molecular weight is 445 g/mol. The second kappa shape index (κ2) is 7.45. The van der Waals surface area contributed by atoms with Crippen molar-refractivity contribution >= 4 is 43.7 Å². The topological polar surface area (TPSA) is 110 Å².